The second-order valence-corrected chi connectivity index (χ2v) is 8.38. The number of rotatable bonds is 7. The molecular weight excluding hydrogens is 439 g/mol. The summed E-state index contributed by atoms with van der Waals surface area (Å²) in [7, 11) is 0. The fraction of sp³-hybridized carbons (Fsp3) is 0.346. The summed E-state index contributed by atoms with van der Waals surface area (Å²) < 4.78 is 25.4. The molecule has 3 aromatic rings. The molecule has 0 radical (unpaired) electrons. The van der Waals surface area contributed by atoms with Gasteiger partial charge in [-0.05, 0) is 49.2 Å². The van der Waals surface area contributed by atoms with Gasteiger partial charge in [-0.25, -0.2) is 9.18 Å². The molecule has 4 rings (SSSR count). The van der Waals surface area contributed by atoms with E-state index < -0.39 is 11.4 Å². The lowest BCUT2D eigenvalue weighted by Crippen LogP contribution is -2.50. The lowest BCUT2D eigenvalue weighted by molar-refractivity contribution is -0.133. The molecule has 2 heterocycles. The molecule has 1 amide bonds. The number of fused-ring (bicyclic) bond motifs is 1. The van der Waals surface area contributed by atoms with Gasteiger partial charge < -0.3 is 19.0 Å². The van der Waals surface area contributed by atoms with Crippen molar-refractivity contribution < 1.29 is 23.1 Å². The van der Waals surface area contributed by atoms with Crippen LogP contribution in [0, 0.1) is 5.82 Å². The molecule has 0 N–H and O–H groups in total. The first kappa shape index (κ1) is 23.5. The standard InChI is InChI=1S/C26H27FN2O5/c1-3-4-19-14-26(32)34-24-15-20(6-7-21(19)24)33-16-25(31)29-11-9-28(10-12-29)23-8-5-18(17(2)30)13-22(23)27/h5-8,13-15H,3-4,9-12,16H2,1-2H3. The first-order chi connectivity index (χ1) is 16.4. The average Bonchev–Trinajstić information content (AvgIpc) is 2.82. The topological polar surface area (TPSA) is 80.1 Å². The Balaban J connectivity index is 1.35. The third-order valence-corrected chi connectivity index (χ3v) is 6.01. The zero-order valence-corrected chi connectivity index (χ0v) is 19.3. The minimum absolute atomic E-state index is 0.147. The van der Waals surface area contributed by atoms with E-state index in [1.165, 1.54) is 19.1 Å². The van der Waals surface area contributed by atoms with Crippen LogP contribution in [0.15, 0.2) is 51.7 Å². The number of ketones is 1. The SMILES string of the molecule is CCCc1cc(=O)oc2cc(OCC(=O)N3CCN(c4ccc(C(C)=O)cc4F)CC3)ccc12. The number of anilines is 1. The van der Waals surface area contributed by atoms with Gasteiger partial charge in [-0.1, -0.05) is 13.3 Å². The molecule has 0 saturated carbocycles. The molecule has 178 valence electrons. The van der Waals surface area contributed by atoms with Gasteiger partial charge >= 0.3 is 5.63 Å². The van der Waals surface area contributed by atoms with Crippen LogP contribution in [-0.4, -0.2) is 49.4 Å². The monoisotopic (exact) mass is 466 g/mol. The van der Waals surface area contributed by atoms with Crippen LogP contribution in [0.2, 0.25) is 0 Å². The third kappa shape index (κ3) is 5.11. The Labute approximate surface area is 196 Å². The van der Waals surface area contributed by atoms with Gasteiger partial charge in [0.25, 0.3) is 5.91 Å². The van der Waals surface area contributed by atoms with Crippen LogP contribution in [0.3, 0.4) is 0 Å². The molecule has 0 bridgehead atoms. The number of piperazine rings is 1. The summed E-state index contributed by atoms with van der Waals surface area (Å²) in [6, 6.07) is 11.2. The van der Waals surface area contributed by atoms with Crippen molar-refractivity contribution in [3.63, 3.8) is 0 Å². The van der Waals surface area contributed by atoms with E-state index in [2.05, 4.69) is 0 Å². The largest absolute Gasteiger partial charge is 0.484 e. The molecule has 2 aromatic carbocycles. The molecule has 1 aromatic heterocycles. The third-order valence-electron chi connectivity index (χ3n) is 6.01. The lowest BCUT2D eigenvalue weighted by atomic mass is 10.1. The highest BCUT2D eigenvalue weighted by Crippen LogP contribution is 2.24. The van der Waals surface area contributed by atoms with Crippen molar-refractivity contribution in [3.8, 4) is 5.75 Å². The summed E-state index contributed by atoms with van der Waals surface area (Å²) in [6.45, 7) is 5.12. The van der Waals surface area contributed by atoms with Gasteiger partial charge in [-0.2, -0.15) is 0 Å². The zero-order valence-electron chi connectivity index (χ0n) is 19.3. The first-order valence-corrected chi connectivity index (χ1v) is 11.4. The number of ether oxygens (including phenoxy) is 1. The van der Waals surface area contributed by atoms with Crippen molar-refractivity contribution in [2.24, 2.45) is 0 Å². The van der Waals surface area contributed by atoms with E-state index in [-0.39, 0.29) is 18.3 Å². The molecule has 0 aliphatic carbocycles. The number of aryl methyl sites for hydroxylation is 1. The van der Waals surface area contributed by atoms with Gasteiger partial charge in [0.15, 0.2) is 12.4 Å². The maximum Gasteiger partial charge on any atom is 0.336 e. The van der Waals surface area contributed by atoms with Gasteiger partial charge in [0.05, 0.1) is 5.69 Å². The fourth-order valence-electron chi connectivity index (χ4n) is 4.19. The summed E-state index contributed by atoms with van der Waals surface area (Å²) >= 11 is 0. The van der Waals surface area contributed by atoms with Crippen LogP contribution < -0.4 is 15.3 Å². The Bertz CT molecular complexity index is 1280. The Morgan fingerprint density at radius 1 is 1.06 bits per heavy atom. The zero-order chi connectivity index (χ0) is 24.2. The molecule has 7 nitrogen and oxygen atoms in total. The quantitative estimate of drug-likeness (QED) is 0.389. The van der Waals surface area contributed by atoms with E-state index in [0.717, 1.165) is 23.8 Å². The minimum atomic E-state index is -0.444. The highest BCUT2D eigenvalue weighted by Gasteiger charge is 2.23. The number of carbonyl (C=O) groups excluding carboxylic acids is 2. The maximum absolute atomic E-state index is 14.4. The van der Waals surface area contributed by atoms with Crippen LogP contribution in [0.4, 0.5) is 10.1 Å². The molecule has 1 aliphatic rings. The van der Waals surface area contributed by atoms with Crippen molar-refractivity contribution in [1.29, 1.82) is 0 Å². The van der Waals surface area contributed by atoms with Crippen molar-refractivity contribution in [2.75, 3.05) is 37.7 Å². The molecule has 0 unspecified atom stereocenters. The Kier molecular flexibility index (Phi) is 6.95. The van der Waals surface area contributed by atoms with E-state index in [4.69, 9.17) is 9.15 Å². The molecule has 0 atom stereocenters. The highest BCUT2D eigenvalue weighted by atomic mass is 19.1. The number of halogens is 1. The summed E-state index contributed by atoms with van der Waals surface area (Å²) in [5.74, 6) is -0.353. The highest BCUT2D eigenvalue weighted by molar-refractivity contribution is 5.94. The van der Waals surface area contributed by atoms with Crippen LogP contribution in [0.1, 0.15) is 36.2 Å². The molecule has 0 spiro atoms. The summed E-state index contributed by atoms with van der Waals surface area (Å²) in [5, 5.41) is 0.861. The number of hydrogen-bond donors (Lipinski definition) is 0. The van der Waals surface area contributed by atoms with E-state index >= 15 is 0 Å². The van der Waals surface area contributed by atoms with Gasteiger partial charge in [-0.3, -0.25) is 9.59 Å². The molecule has 8 heteroatoms. The van der Waals surface area contributed by atoms with E-state index in [1.54, 1.807) is 29.2 Å². The Morgan fingerprint density at radius 2 is 1.82 bits per heavy atom. The van der Waals surface area contributed by atoms with Gasteiger partial charge in [0.2, 0.25) is 0 Å². The van der Waals surface area contributed by atoms with Crippen LogP contribution >= 0.6 is 0 Å². The number of Topliss-reactive ketones (excluding diaryl/α,β-unsaturated/α-hetero) is 1. The van der Waals surface area contributed by atoms with Crippen molar-refractivity contribution >= 4 is 28.3 Å². The smallest absolute Gasteiger partial charge is 0.336 e. The van der Waals surface area contributed by atoms with Gasteiger partial charge in [-0.15, -0.1) is 0 Å². The van der Waals surface area contributed by atoms with E-state index in [1.807, 2.05) is 17.9 Å². The van der Waals surface area contributed by atoms with Gasteiger partial charge in [0, 0.05) is 49.3 Å². The number of hydrogen-bond acceptors (Lipinski definition) is 6. The second-order valence-electron chi connectivity index (χ2n) is 8.38. The fourth-order valence-corrected chi connectivity index (χ4v) is 4.19. The molecule has 1 fully saturated rings. The number of amides is 1. The lowest BCUT2D eigenvalue weighted by Gasteiger charge is -2.36. The Hall–Kier alpha value is -3.68. The predicted molar refractivity (Wildman–Crippen MR) is 127 cm³/mol. The van der Waals surface area contributed by atoms with Crippen LogP contribution in [0.25, 0.3) is 11.0 Å². The van der Waals surface area contributed by atoms with Crippen LogP contribution in [-0.2, 0) is 11.2 Å². The number of nitrogens with zero attached hydrogens (tertiary/aromatic N) is 2. The van der Waals surface area contributed by atoms with Crippen molar-refractivity contribution in [3.05, 3.63) is 69.8 Å². The molecule has 1 saturated heterocycles. The number of carbonyl (C=O) groups is 2. The minimum Gasteiger partial charge on any atom is -0.484 e. The summed E-state index contributed by atoms with van der Waals surface area (Å²) in [6.07, 6.45) is 1.69. The average molecular weight is 467 g/mol. The molecule has 34 heavy (non-hydrogen) atoms. The van der Waals surface area contributed by atoms with E-state index in [9.17, 15) is 18.8 Å². The molecule has 1 aliphatic heterocycles. The maximum atomic E-state index is 14.4. The predicted octanol–water partition coefficient (Wildman–Crippen LogP) is 3.81. The summed E-state index contributed by atoms with van der Waals surface area (Å²) in [4.78, 5) is 39.5. The van der Waals surface area contributed by atoms with Crippen molar-refractivity contribution in [1.82, 2.24) is 4.90 Å². The molecular formula is C26H27FN2O5. The normalized spacial score (nSPS) is 13.9. The van der Waals surface area contributed by atoms with Crippen LogP contribution in [0.5, 0.6) is 5.75 Å². The second kappa shape index (κ2) is 10.1. The first-order valence-electron chi connectivity index (χ1n) is 11.4. The summed E-state index contributed by atoms with van der Waals surface area (Å²) in [5.41, 5.74) is 1.72. The number of benzene rings is 2. The van der Waals surface area contributed by atoms with Gasteiger partial charge in [0.1, 0.15) is 17.1 Å². The Morgan fingerprint density at radius 3 is 2.50 bits per heavy atom. The van der Waals surface area contributed by atoms with Crippen molar-refractivity contribution in [2.45, 2.75) is 26.7 Å². The van der Waals surface area contributed by atoms with E-state index in [0.29, 0.717) is 48.8 Å².